The quantitative estimate of drug-likeness (QED) is 0.778. The molecule has 1 aliphatic rings. The summed E-state index contributed by atoms with van der Waals surface area (Å²) in [6.45, 7) is 0.999. The summed E-state index contributed by atoms with van der Waals surface area (Å²) in [5.74, 6) is -2.09. The SMILES string of the molecule is CC(CC1CN(c2ccc(Br)c(F)c2)C(=O)O1)(C(=O)O)S(C)(=O)=O. The lowest BCUT2D eigenvalue weighted by molar-refractivity contribution is -0.140. The molecule has 2 atom stereocenters. The maximum atomic E-state index is 13.6. The van der Waals surface area contributed by atoms with Crippen molar-refractivity contribution in [2.24, 2.45) is 0 Å². The summed E-state index contributed by atoms with van der Waals surface area (Å²) in [6, 6.07) is 4.04. The molecular formula is C14H15BrFNO6S. The van der Waals surface area contributed by atoms with Crippen LogP contribution in [0.5, 0.6) is 0 Å². The number of benzene rings is 1. The number of nitrogens with zero attached hydrogens (tertiary/aromatic N) is 1. The van der Waals surface area contributed by atoms with Crippen LogP contribution in [-0.2, 0) is 19.4 Å². The number of halogens is 2. The third-order valence-electron chi connectivity index (χ3n) is 3.98. The van der Waals surface area contributed by atoms with Crippen LogP contribution in [0.3, 0.4) is 0 Å². The van der Waals surface area contributed by atoms with E-state index in [1.54, 1.807) is 0 Å². The first-order valence-electron chi connectivity index (χ1n) is 6.82. The van der Waals surface area contributed by atoms with Crippen molar-refractivity contribution in [2.75, 3.05) is 17.7 Å². The van der Waals surface area contributed by atoms with Crippen LogP contribution >= 0.6 is 15.9 Å². The monoisotopic (exact) mass is 423 g/mol. The van der Waals surface area contributed by atoms with Gasteiger partial charge in [0.05, 0.1) is 16.7 Å². The molecule has 10 heteroatoms. The molecule has 0 bridgehead atoms. The molecule has 24 heavy (non-hydrogen) atoms. The largest absolute Gasteiger partial charge is 0.480 e. The number of sulfone groups is 1. The Morgan fingerprint density at radius 2 is 2.17 bits per heavy atom. The highest BCUT2D eigenvalue weighted by atomic mass is 79.9. The van der Waals surface area contributed by atoms with Crippen LogP contribution in [0.4, 0.5) is 14.9 Å². The molecule has 1 amide bonds. The fourth-order valence-electron chi connectivity index (χ4n) is 2.32. The molecule has 1 aromatic rings. The molecule has 0 radical (unpaired) electrons. The predicted octanol–water partition coefficient (Wildman–Crippen LogP) is 2.19. The number of amides is 1. The van der Waals surface area contributed by atoms with E-state index in [0.29, 0.717) is 0 Å². The fraction of sp³-hybridized carbons (Fsp3) is 0.429. The van der Waals surface area contributed by atoms with Gasteiger partial charge in [-0.3, -0.25) is 9.69 Å². The average Bonchev–Trinajstić information content (AvgIpc) is 2.81. The molecule has 0 aliphatic carbocycles. The number of rotatable bonds is 5. The molecule has 7 nitrogen and oxygen atoms in total. The molecule has 1 heterocycles. The molecule has 1 saturated heterocycles. The molecule has 2 unspecified atom stereocenters. The van der Waals surface area contributed by atoms with Crippen molar-refractivity contribution in [1.29, 1.82) is 0 Å². The number of ether oxygens (including phenoxy) is 1. The van der Waals surface area contributed by atoms with Gasteiger partial charge in [-0.05, 0) is 41.1 Å². The molecule has 0 saturated carbocycles. The van der Waals surface area contributed by atoms with Crippen molar-refractivity contribution in [2.45, 2.75) is 24.2 Å². The zero-order valence-electron chi connectivity index (χ0n) is 12.8. The Balaban J connectivity index is 2.23. The van der Waals surface area contributed by atoms with Crippen LogP contribution in [0.15, 0.2) is 22.7 Å². The minimum Gasteiger partial charge on any atom is -0.480 e. The number of carbonyl (C=O) groups excluding carboxylic acids is 1. The van der Waals surface area contributed by atoms with Crippen LogP contribution in [0.25, 0.3) is 0 Å². The Hall–Kier alpha value is -1.68. The van der Waals surface area contributed by atoms with E-state index in [2.05, 4.69) is 15.9 Å². The highest BCUT2D eigenvalue weighted by Gasteiger charge is 2.48. The van der Waals surface area contributed by atoms with Gasteiger partial charge in [0.25, 0.3) is 0 Å². The Labute approximate surface area is 146 Å². The number of cyclic esters (lactones) is 1. The van der Waals surface area contributed by atoms with Crippen LogP contribution in [0.1, 0.15) is 13.3 Å². The molecule has 1 N–H and O–H groups in total. The molecule has 1 aromatic carbocycles. The maximum Gasteiger partial charge on any atom is 0.414 e. The highest BCUT2D eigenvalue weighted by Crippen LogP contribution is 2.31. The van der Waals surface area contributed by atoms with Gasteiger partial charge < -0.3 is 9.84 Å². The summed E-state index contributed by atoms with van der Waals surface area (Å²) >= 11 is 3.00. The van der Waals surface area contributed by atoms with E-state index in [-0.39, 0.29) is 16.7 Å². The molecular weight excluding hydrogens is 409 g/mol. The molecule has 1 fully saturated rings. The number of carboxylic acids is 1. The number of aliphatic carboxylic acids is 1. The minimum absolute atomic E-state index is 0.0711. The first-order valence-corrected chi connectivity index (χ1v) is 9.50. The minimum atomic E-state index is -3.94. The normalized spacial score (nSPS) is 20.6. The summed E-state index contributed by atoms with van der Waals surface area (Å²) in [6.07, 6.45) is -1.31. The van der Waals surface area contributed by atoms with Gasteiger partial charge in [-0.2, -0.15) is 0 Å². The summed E-state index contributed by atoms with van der Waals surface area (Å²) in [5, 5.41) is 9.26. The molecule has 0 spiro atoms. The second kappa shape index (κ2) is 6.32. The second-order valence-corrected chi connectivity index (χ2v) is 9.03. The number of hydrogen-bond acceptors (Lipinski definition) is 5. The zero-order chi connectivity index (χ0) is 18.3. The van der Waals surface area contributed by atoms with Gasteiger partial charge in [0, 0.05) is 12.7 Å². The Kier molecular flexibility index (Phi) is 4.91. The van der Waals surface area contributed by atoms with Crippen molar-refractivity contribution < 1.29 is 32.2 Å². The first-order chi connectivity index (χ1) is 11.0. The Morgan fingerprint density at radius 1 is 1.54 bits per heavy atom. The lowest BCUT2D eigenvalue weighted by Gasteiger charge is -2.24. The van der Waals surface area contributed by atoms with E-state index in [4.69, 9.17) is 4.74 Å². The van der Waals surface area contributed by atoms with E-state index < -0.39 is 45.0 Å². The standard InChI is InChI=1S/C14H15BrFNO6S/c1-14(12(18)19,24(2,21)22)6-9-7-17(13(20)23-9)8-3-4-10(15)11(16)5-8/h3-5,9H,6-7H2,1-2H3,(H,18,19). The van der Waals surface area contributed by atoms with Crippen molar-refractivity contribution in [3.05, 3.63) is 28.5 Å². The lowest BCUT2D eigenvalue weighted by atomic mass is 10.0. The van der Waals surface area contributed by atoms with Gasteiger partial charge in [-0.25, -0.2) is 17.6 Å². The Morgan fingerprint density at radius 3 is 2.67 bits per heavy atom. The number of carboxylic acid groups (broad SMARTS) is 1. The molecule has 0 aromatic heterocycles. The molecule has 2 rings (SSSR count). The second-order valence-electron chi connectivity index (χ2n) is 5.73. The molecule has 1 aliphatic heterocycles. The first kappa shape index (κ1) is 18.7. The molecule has 132 valence electrons. The highest BCUT2D eigenvalue weighted by molar-refractivity contribution is 9.10. The van der Waals surface area contributed by atoms with Crippen molar-refractivity contribution in [1.82, 2.24) is 0 Å². The third kappa shape index (κ3) is 3.39. The lowest BCUT2D eigenvalue weighted by Crippen LogP contribution is -2.46. The van der Waals surface area contributed by atoms with Crippen molar-refractivity contribution in [3.8, 4) is 0 Å². The fourth-order valence-corrected chi connectivity index (χ4v) is 3.38. The Bertz CT molecular complexity index is 798. The maximum absolute atomic E-state index is 13.6. The van der Waals surface area contributed by atoms with Gasteiger partial charge in [0.2, 0.25) is 0 Å². The summed E-state index contributed by atoms with van der Waals surface area (Å²) in [5.41, 5.74) is 0.236. The van der Waals surface area contributed by atoms with Crippen LogP contribution in [0.2, 0.25) is 0 Å². The van der Waals surface area contributed by atoms with Crippen LogP contribution in [0, 0.1) is 5.82 Å². The van der Waals surface area contributed by atoms with Gasteiger partial charge in [0.15, 0.2) is 14.6 Å². The van der Waals surface area contributed by atoms with Crippen molar-refractivity contribution in [3.63, 3.8) is 0 Å². The number of hydrogen-bond donors (Lipinski definition) is 1. The van der Waals surface area contributed by atoms with E-state index in [1.807, 2.05) is 0 Å². The number of carbonyl (C=O) groups is 2. The average molecular weight is 424 g/mol. The van der Waals surface area contributed by atoms with Crippen LogP contribution < -0.4 is 4.90 Å². The summed E-state index contributed by atoms with van der Waals surface area (Å²) < 4.78 is 40.4. The topological polar surface area (TPSA) is 101 Å². The van der Waals surface area contributed by atoms with E-state index in [0.717, 1.165) is 24.1 Å². The van der Waals surface area contributed by atoms with E-state index in [1.165, 1.54) is 12.1 Å². The van der Waals surface area contributed by atoms with Crippen LogP contribution in [-0.4, -0.2) is 49.2 Å². The van der Waals surface area contributed by atoms with Gasteiger partial charge in [0.1, 0.15) is 11.9 Å². The predicted molar refractivity (Wildman–Crippen MR) is 87.2 cm³/mol. The van der Waals surface area contributed by atoms with Gasteiger partial charge in [-0.1, -0.05) is 0 Å². The van der Waals surface area contributed by atoms with E-state index >= 15 is 0 Å². The summed E-state index contributed by atoms with van der Waals surface area (Å²) in [7, 11) is -3.94. The smallest absolute Gasteiger partial charge is 0.414 e. The van der Waals surface area contributed by atoms with Gasteiger partial charge in [-0.15, -0.1) is 0 Å². The third-order valence-corrected chi connectivity index (χ3v) is 6.60. The zero-order valence-corrected chi connectivity index (χ0v) is 15.2. The van der Waals surface area contributed by atoms with Crippen molar-refractivity contribution >= 4 is 43.5 Å². The van der Waals surface area contributed by atoms with E-state index in [9.17, 15) is 27.5 Å². The number of anilines is 1. The summed E-state index contributed by atoms with van der Waals surface area (Å²) in [4.78, 5) is 24.5. The van der Waals surface area contributed by atoms with Gasteiger partial charge >= 0.3 is 12.1 Å².